The van der Waals surface area contributed by atoms with Crippen molar-refractivity contribution in [2.75, 3.05) is 11.6 Å². The van der Waals surface area contributed by atoms with Crippen molar-refractivity contribution in [2.45, 2.75) is 20.0 Å². The summed E-state index contributed by atoms with van der Waals surface area (Å²) in [5.41, 5.74) is 3.68. The highest BCUT2D eigenvalue weighted by Crippen LogP contribution is 2.27. The number of anilines is 1. The fourth-order valence-corrected chi connectivity index (χ4v) is 1.90. The Kier molecular flexibility index (Phi) is 5.30. The Labute approximate surface area is 132 Å². The van der Waals surface area contributed by atoms with E-state index in [0.717, 1.165) is 5.69 Å². The van der Waals surface area contributed by atoms with E-state index in [0.29, 0.717) is 16.7 Å². The molecule has 8 heteroatoms. The second kappa shape index (κ2) is 7.00. The molecule has 114 valence electrons. The highest BCUT2D eigenvalue weighted by atomic mass is 35.5. The van der Waals surface area contributed by atoms with Crippen LogP contribution in [0.25, 0.3) is 0 Å². The topological polar surface area (TPSA) is 54.0 Å². The Bertz CT molecular complexity index is 553. The lowest BCUT2D eigenvalue weighted by molar-refractivity contribution is -0.205. The Morgan fingerprint density at radius 1 is 1.33 bits per heavy atom. The number of hydrazine groups is 2. The maximum atomic E-state index is 11.5. The van der Waals surface area contributed by atoms with Gasteiger partial charge in [0.15, 0.2) is 6.10 Å². The molecule has 0 aromatic heterocycles. The summed E-state index contributed by atoms with van der Waals surface area (Å²) in [5.74, 6) is -0.430. The normalized spacial score (nSPS) is 15.4. The Hall–Kier alpha value is -1.47. The summed E-state index contributed by atoms with van der Waals surface area (Å²) in [4.78, 5) is 16.9. The zero-order chi connectivity index (χ0) is 15.4. The predicted octanol–water partition coefficient (Wildman–Crippen LogP) is 2.89. The molecule has 0 radical (unpaired) electrons. The molecule has 1 atom stereocenters. The third-order valence-electron chi connectivity index (χ3n) is 2.63. The molecule has 0 spiro atoms. The van der Waals surface area contributed by atoms with Crippen LogP contribution in [0.1, 0.15) is 13.8 Å². The molecule has 6 nitrogen and oxygen atoms in total. The van der Waals surface area contributed by atoms with Gasteiger partial charge in [0, 0.05) is 6.20 Å². The van der Waals surface area contributed by atoms with Crippen molar-refractivity contribution in [2.24, 2.45) is 0 Å². The van der Waals surface area contributed by atoms with Gasteiger partial charge in [0.1, 0.15) is 0 Å². The molecule has 1 unspecified atom stereocenters. The van der Waals surface area contributed by atoms with Crippen molar-refractivity contribution in [3.05, 3.63) is 40.6 Å². The van der Waals surface area contributed by atoms with Crippen LogP contribution in [0, 0.1) is 0 Å². The first kappa shape index (κ1) is 15.9. The summed E-state index contributed by atoms with van der Waals surface area (Å²) in [5, 5.41) is 3.90. The van der Waals surface area contributed by atoms with E-state index < -0.39 is 12.1 Å². The van der Waals surface area contributed by atoms with E-state index in [1.807, 2.05) is 0 Å². The SMILES string of the molecule is CCOC(=O)C(C)ON1C=CN(c2ccc(Cl)c(Cl)c2)N1. The van der Waals surface area contributed by atoms with Gasteiger partial charge >= 0.3 is 5.97 Å². The summed E-state index contributed by atoms with van der Waals surface area (Å²) in [6, 6.07) is 5.20. The second-order valence-electron chi connectivity index (χ2n) is 4.19. The maximum Gasteiger partial charge on any atom is 0.337 e. The molecule has 0 saturated heterocycles. The van der Waals surface area contributed by atoms with E-state index in [2.05, 4.69) is 5.53 Å². The zero-order valence-electron chi connectivity index (χ0n) is 11.5. The van der Waals surface area contributed by atoms with Gasteiger partial charge in [-0.25, -0.2) is 9.63 Å². The number of nitrogens with one attached hydrogen (secondary N) is 1. The van der Waals surface area contributed by atoms with Crippen LogP contribution < -0.4 is 10.5 Å². The first-order valence-electron chi connectivity index (χ1n) is 6.32. The quantitative estimate of drug-likeness (QED) is 0.837. The summed E-state index contributed by atoms with van der Waals surface area (Å²) in [6.45, 7) is 3.66. The number of esters is 1. The van der Waals surface area contributed by atoms with Crippen molar-refractivity contribution >= 4 is 34.9 Å². The smallest absolute Gasteiger partial charge is 0.337 e. The molecule has 21 heavy (non-hydrogen) atoms. The van der Waals surface area contributed by atoms with Crippen LogP contribution in [0.15, 0.2) is 30.6 Å². The standard InChI is InChI=1S/C13H15Cl2N3O3/c1-3-20-13(19)9(2)21-18-7-6-17(16-18)10-4-5-11(14)12(15)8-10/h4-9,16H,3H2,1-2H3. The second-order valence-corrected chi connectivity index (χ2v) is 5.01. The van der Waals surface area contributed by atoms with E-state index in [1.165, 1.54) is 5.17 Å². The van der Waals surface area contributed by atoms with Crippen molar-refractivity contribution in [1.82, 2.24) is 10.7 Å². The van der Waals surface area contributed by atoms with Crippen molar-refractivity contribution in [1.29, 1.82) is 0 Å². The highest BCUT2D eigenvalue weighted by Gasteiger charge is 2.21. The average Bonchev–Trinajstić information content (AvgIpc) is 2.90. The van der Waals surface area contributed by atoms with E-state index in [4.69, 9.17) is 32.8 Å². The molecule has 1 aliphatic heterocycles. The van der Waals surface area contributed by atoms with Crippen LogP contribution in [0.5, 0.6) is 0 Å². The van der Waals surface area contributed by atoms with Crippen LogP contribution in [0.4, 0.5) is 5.69 Å². The molecule has 0 bridgehead atoms. The Morgan fingerprint density at radius 3 is 2.76 bits per heavy atom. The molecule has 1 aromatic rings. The number of benzene rings is 1. The molecule has 1 heterocycles. The molecule has 0 saturated carbocycles. The number of nitrogens with zero attached hydrogens (tertiary/aromatic N) is 2. The van der Waals surface area contributed by atoms with Crippen molar-refractivity contribution in [3.8, 4) is 0 Å². The minimum Gasteiger partial charge on any atom is -0.464 e. The van der Waals surface area contributed by atoms with Gasteiger partial charge in [-0.05, 0) is 32.0 Å². The Balaban J connectivity index is 1.93. The van der Waals surface area contributed by atoms with Crippen LogP contribution in [-0.2, 0) is 14.4 Å². The highest BCUT2D eigenvalue weighted by molar-refractivity contribution is 6.42. The third-order valence-corrected chi connectivity index (χ3v) is 3.37. The number of hydrogen-bond acceptors (Lipinski definition) is 6. The van der Waals surface area contributed by atoms with E-state index in [9.17, 15) is 4.79 Å². The first-order valence-corrected chi connectivity index (χ1v) is 7.08. The molecular weight excluding hydrogens is 317 g/mol. The van der Waals surface area contributed by atoms with Gasteiger partial charge < -0.3 is 4.74 Å². The van der Waals surface area contributed by atoms with Gasteiger partial charge in [-0.2, -0.15) is 5.17 Å². The molecule has 1 aliphatic rings. The van der Waals surface area contributed by atoms with Gasteiger partial charge in [-0.3, -0.25) is 5.01 Å². The zero-order valence-corrected chi connectivity index (χ0v) is 13.1. The molecule has 0 fully saturated rings. The number of rotatable bonds is 5. The Morgan fingerprint density at radius 2 is 2.10 bits per heavy atom. The van der Waals surface area contributed by atoms with Gasteiger partial charge in [0.25, 0.3) is 0 Å². The maximum absolute atomic E-state index is 11.5. The van der Waals surface area contributed by atoms with Crippen LogP contribution in [0.2, 0.25) is 10.0 Å². The van der Waals surface area contributed by atoms with Crippen LogP contribution in [0.3, 0.4) is 0 Å². The number of hydroxylamine groups is 1. The van der Waals surface area contributed by atoms with Gasteiger partial charge in [-0.1, -0.05) is 23.2 Å². The summed E-state index contributed by atoms with van der Waals surface area (Å²) in [7, 11) is 0. The third kappa shape index (κ3) is 4.01. The lowest BCUT2D eigenvalue weighted by Gasteiger charge is -2.23. The van der Waals surface area contributed by atoms with Crippen LogP contribution >= 0.6 is 23.2 Å². The first-order chi connectivity index (χ1) is 10.0. The summed E-state index contributed by atoms with van der Waals surface area (Å²) in [6.07, 6.45) is 2.62. The number of ether oxygens (including phenoxy) is 1. The van der Waals surface area contributed by atoms with E-state index in [1.54, 1.807) is 49.5 Å². The molecule has 1 aromatic carbocycles. The van der Waals surface area contributed by atoms with E-state index in [-0.39, 0.29) is 0 Å². The van der Waals surface area contributed by atoms with Gasteiger partial charge in [0.2, 0.25) is 0 Å². The molecular formula is C13H15Cl2N3O3. The van der Waals surface area contributed by atoms with Crippen LogP contribution in [-0.4, -0.2) is 23.9 Å². The van der Waals surface area contributed by atoms with Crippen molar-refractivity contribution in [3.63, 3.8) is 0 Å². The number of halogens is 2. The minimum absolute atomic E-state index is 0.311. The van der Waals surface area contributed by atoms with Crippen molar-refractivity contribution < 1.29 is 14.4 Å². The molecule has 0 amide bonds. The summed E-state index contributed by atoms with van der Waals surface area (Å²) < 4.78 is 4.87. The lowest BCUT2D eigenvalue weighted by Crippen LogP contribution is -2.42. The largest absolute Gasteiger partial charge is 0.464 e. The fourth-order valence-electron chi connectivity index (χ4n) is 1.61. The number of carbonyl (C=O) groups is 1. The van der Waals surface area contributed by atoms with E-state index >= 15 is 0 Å². The average molecular weight is 332 g/mol. The monoisotopic (exact) mass is 331 g/mol. The lowest BCUT2D eigenvalue weighted by atomic mass is 10.3. The predicted molar refractivity (Wildman–Crippen MR) is 80.2 cm³/mol. The van der Waals surface area contributed by atoms with Gasteiger partial charge in [-0.15, -0.1) is 5.53 Å². The number of carbonyl (C=O) groups excluding carboxylic acids is 1. The number of hydrogen-bond donors (Lipinski definition) is 1. The summed E-state index contributed by atoms with van der Waals surface area (Å²) >= 11 is 11.8. The van der Waals surface area contributed by atoms with Gasteiger partial charge in [0.05, 0.1) is 28.5 Å². The fraction of sp³-hybridized carbons (Fsp3) is 0.308. The minimum atomic E-state index is -0.726. The molecule has 2 rings (SSSR count). The molecule has 0 aliphatic carbocycles. The molecule has 1 N–H and O–H groups in total.